The lowest BCUT2D eigenvalue weighted by Gasteiger charge is -2.46. The molecule has 0 radical (unpaired) electrons. The number of nitrogens with zero attached hydrogens (tertiary/aromatic N) is 4. The Kier molecular flexibility index (Phi) is 13.4. The molecule has 8 aliphatic heterocycles. The first-order valence-corrected chi connectivity index (χ1v) is 19.0. The van der Waals surface area contributed by atoms with Crippen molar-refractivity contribution in [1.29, 1.82) is 0 Å². The molecule has 0 aliphatic carbocycles. The first-order chi connectivity index (χ1) is 20.1. The van der Waals surface area contributed by atoms with Crippen LogP contribution in [-0.4, -0.2) is 96.1 Å². The molecule has 8 rings (SSSR count). The normalized spacial score (nSPS) is 45.8. The second kappa shape index (κ2) is 16.1. The van der Waals surface area contributed by atoms with Crippen molar-refractivity contribution in [2.75, 3.05) is 28.2 Å². The molecule has 8 bridgehead atoms. The van der Waals surface area contributed by atoms with Crippen LogP contribution in [0.4, 0.5) is 0 Å². The van der Waals surface area contributed by atoms with Gasteiger partial charge in [-0.3, -0.25) is 0 Å². The van der Waals surface area contributed by atoms with Gasteiger partial charge in [-0.1, -0.05) is 48.0 Å². The first-order valence-electron chi connectivity index (χ1n) is 19.0. The number of rotatable bonds is 0. The number of piperidine rings is 6. The van der Waals surface area contributed by atoms with Crippen molar-refractivity contribution in [3.05, 3.63) is 0 Å². The molecule has 8 atom stereocenters. The summed E-state index contributed by atoms with van der Waals surface area (Å²) in [6.45, 7) is 9.63. The van der Waals surface area contributed by atoms with E-state index in [4.69, 9.17) is 0 Å². The van der Waals surface area contributed by atoms with Gasteiger partial charge >= 0.3 is 0 Å². The minimum absolute atomic E-state index is 0. The van der Waals surface area contributed by atoms with Gasteiger partial charge in [0.25, 0.3) is 0 Å². The smallest absolute Gasteiger partial charge is 0.00982 e. The van der Waals surface area contributed by atoms with Crippen LogP contribution < -0.4 is 0 Å². The Balaban J connectivity index is 0.000000130. The monoisotopic (exact) mass is 601 g/mol. The molecular weight excluding hydrogens is 524 g/mol. The molecule has 8 saturated heterocycles. The highest BCUT2D eigenvalue weighted by Gasteiger charge is 2.38. The van der Waals surface area contributed by atoms with Crippen LogP contribution in [0, 0.1) is 23.7 Å². The molecule has 252 valence electrons. The van der Waals surface area contributed by atoms with Crippen LogP contribution in [0.3, 0.4) is 0 Å². The second-order valence-electron chi connectivity index (χ2n) is 17.2. The van der Waals surface area contributed by atoms with E-state index in [1.165, 1.54) is 116 Å². The maximum Gasteiger partial charge on any atom is 0.00982 e. The predicted molar refractivity (Wildman–Crippen MR) is 188 cm³/mol. The van der Waals surface area contributed by atoms with Crippen LogP contribution in [-0.2, 0) is 0 Å². The van der Waals surface area contributed by atoms with Crippen molar-refractivity contribution in [3.8, 4) is 0 Å². The number of hydrogen-bond donors (Lipinski definition) is 0. The standard InChI is InChI=1S/2C10H19N.2C9H17N.CH4/c2*1-8-6-9-4-3-5-10(7-8)11(9)2;2*1-7-5-8-3-4-9(6-7)10(8)2;/h2*8-10H,3-7H2,1-2H3;2*7-9H,3-6H2,1-2H3;1H4. The Morgan fingerprint density at radius 1 is 0.302 bits per heavy atom. The molecule has 8 heterocycles. The molecule has 0 amide bonds. The topological polar surface area (TPSA) is 13.0 Å². The van der Waals surface area contributed by atoms with E-state index in [0.717, 1.165) is 72.0 Å². The van der Waals surface area contributed by atoms with Gasteiger partial charge in [0.05, 0.1) is 0 Å². The molecule has 0 aromatic carbocycles. The summed E-state index contributed by atoms with van der Waals surface area (Å²) in [5.41, 5.74) is 0. The first kappa shape index (κ1) is 35.7. The van der Waals surface area contributed by atoms with Crippen LogP contribution >= 0.6 is 0 Å². The van der Waals surface area contributed by atoms with E-state index >= 15 is 0 Å². The highest BCUT2D eigenvalue weighted by atomic mass is 15.2. The van der Waals surface area contributed by atoms with Gasteiger partial charge in [-0.15, -0.1) is 0 Å². The number of fused-ring (bicyclic) bond motifs is 8. The van der Waals surface area contributed by atoms with E-state index in [0.29, 0.717) is 0 Å². The average molecular weight is 601 g/mol. The highest BCUT2D eigenvalue weighted by Crippen LogP contribution is 2.38. The van der Waals surface area contributed by atoms with Gasteiger partial charge in [0.2, 0.25) is 0 Å². The molecule has 0 aromatic rings. The summed E-state index contributed by atoms with van der Waals surface area (Å²) >= 11 is 0. The fraction of sp³-hybridized carbons (Fsp3) is 1.00. The Morgan fingerprint density at radius 2 is 0.465 bits per heavy atom. The summed E-state index contributed by atoms with van der Waals surface area (Å²) < 4.78 is 0. The van der Waals surface area contributed by atoms with Gasteiger partial charge in [0.1, 0.15) is 0 Å². The zero-order chi connectivity index (χ0) is 30.0. The van der Waals surface area contributed by atoms with Crippen molar-refractivity contribution in [1.82, 2.24) is 19.6 Å². The van der Waals surface area contributed by atoms with Gasteiger partial charge in [0, 0.05) is 48.3 Å². The predicted octanol–water partition coefficient (Wildman–Crippen LogP) is 8.93. The third-order valence-electron chi connectivity index (χ3n) is 13.8. The van der Waals surface area contributed by atoms with Crippen LogP contribution in [0.15, 0.2) is 0 Å². The van der Waals surface area contributed by atoms with E-state index in [1.807, 2.05) is 0 Å². The molecule has 0 spiro atoms. The van der Waals surface area contributed by atoms with Crippen LogP contribution in [0.25, 0.3) is 0 Å². The molecular formula is C39H76N4. The Morgan fingerprint density at radius 3 is 0.651 bits per heavy atom. The third kappa shape index (κ3) is 9.01. The maximum atomic E-state index is 2.63. The van der Waals surface area contributed by atoms with Gasteiger partial charge in [-0.2, -0.15) is 0 Å². The van der Waals surface area contributed by atoms with Crippen molar-refractivity contribution >= 4 is 0 Å². The molecule has 0 aromatic heterocycles. The van der Waals surface area contributed by atoms with Crippen molar-refractivity contribution in [3.63, 3.8) is 0 Å². The van der Waals surface area contributed by atoms with E-state index in [-0.39, 0.29) is 7.43 Å². The molecule has 0 saturated carbocycles. The summed E-state index contributed by atoms with van der Waals surface area (Å²) in [6.07, 6.45) is 26.2. The zero-order valence-corrected chi connectivity index (χ0v) is 29.4. The van der Waals surface area contributed by atoms with Crippen molar-refractivity contribution < 1.29 is 0 Å². The lowest BCUT2D eigenvalue weighted by molar-refractivity contribution is 0.0415. The van der Waals surface area contributed by atoms with Crippen molar-refractivity contribution in [2.45, 2.75) is 199 Å². The molecule has 4 nitrogen and oxygen atoms in total. The summed E-state index contributed by atoms with van der Waals surface area (Å²) in [6, 6.07) is 7.47. The Labute approximate surface area is 270 Å². The zero-order valence-electron chi connectivity index (χ0n) is 29.4. The number of hydrogen-bond acceptors (Lipinski definition) is 4. The van der Waals surface area contributed by atoms with E-state index < -0.39 is 0 Å². The summed E-state index contributed by atoms with van der Waals surface area (Å²) in [7, 11) is 9.24. The molecule has 8 unspecified atom stereocenters. The molecule has 4 heteroatoms. The van der Waals surface area contributed by atoms with Crippen LogP contribution in [0.5, 0.6) is 0 Å². The molecule has 0 N–H and O–H groups in total. The van der Waals surface area contributed by atoms with E-state index in [9.17, 15) is 0 Å². The summed E-state index contributed by atoms with van der Waals surface area (Å²) in [5.74, 6) is 3.96. The maximum absolute atomic E-state index is 2.63. The lowest BCUT2D eigenvalue weighted by atomic mass is 9.80. The molecule has 43 heavy (non-hydrogen) atoms. The minimum atomic E-state index is 0. The fourth-order valence-corrected chi connectivity index (χ4v) is 11.1. The van der Waals surface area contributed by atoms with E-state index in [1.54, 1.807) is 0 Å². The SMILES string of the molecule is C.CC1CC2CCC(C1)N2C.CC1CC2CCC(C1)N2C.CC1CC2CCCC(C1)N2C.CC1CC2CCCC(C1)N2C. The van der Waals surface area contributed by atoms with Gasteiger partial charge in [-0.05, 0) is 155 Å². The fourth-order valence-electron chi connectivity index (χ4n) is 11.1. The summed E-state index contributed by atoms with van der Waals surface area (Å²) in [4.78, 5) is 10.5. The summed E-state index contributed by atoms with van der Waals surface area (Å²) in [5, 5.41) is 0. The lowest BCUT2D eigenvalue weighted by Crippen LogP contribution is -2.49. The highest BCUT2D eigenvalue weighted by molar-refractivity contribution is 4.93. The largest absolute Gasteiger partial charge is 0.300 e. The van der Waals surface area contributed by atoms with Gasteiger partial charge in [-0.25, -0.2) is 0 Å². The second-order valence-corrected chi connectivity index (χ2v) is 17.2. The molecule has 8 fully saturated rings. The Bertz CT molecular complexity index is 695. The Hall–Kier alpha value is -0.160. The van der Waals surface area contributed by atoms with Gasteiger partial charge < -0.3 is 19.6 Å². The molecule has 8 aliphatic rings. The van der Waals surface area contributed by atoms with Gasteiger partial charge in [0.15, 0.2) is 0 Å². The third-order valence-corrected chi connectivity index (χ3v) is 13.8. The van der Waals surface area contributed by atoms with E-state index in [2.05, 4.69) is 75.5 Å². The minimum Gasteiger partial charge on any atom is -0.300 e. The van der Waals surface area contributed by atoms with Crippen LogP contribution in [0.1, 0.15) is 151 Å². The van der Waals surface area contributed by atoms with Crippen molar-refractivity contribution in [2.24, 2.45) is 23.7 Å². The quantitative estimate of drug-likeness (QED) is 0.275. The van der Waals surface area contributed by atoms with Crippen LogP contribution in [0.2, 0.25) is 0 Å². The average Bonchev–Trinajstić information content (AvgIpc) is 3.25.